The van der Waals surface area contributed by atoms with E-state index in [0.717, 1.165) is 49.6 Å². The molecule has 0 saturated heterocycles. The van der Waals surface area contributed by atoms with Crippen LogP contribution in [0.2, 0.25) is 0 Å². The molecule has 0 radical (unpaired) electrons. The molecule has 1 atom stereocenters. The molecule has 2 saturated carbocycles. The Bertz CT molecular complexity index is 1360. The summed E-state index contributed by atoms with van der Waals surface area (Å²) in [6, 6.07) is 2.87. The van der Waals surface area contributed by atoms with Gasteiger partial charge in [-0.3, -0.25) is 19.1 Å². The Morgan fingerprint density at radius 2 is 1.97 bits per heavy atom. The number of hydrogen-bond acceptors (Lipinski definition) is 6. The molecule has 2 aromatic heterocycles. The highest BCUT2D eigenvalue weighted by Gasteiger charge is 2.33. The summed E-state index contributed by atoms with van der Waals surface area (Å²) < 4.78 is 28.5. The first-order chi connectivity index (χ1) is 15.3. The van der Waals surface area contributed by atoms with Gasteiger partial charge in [-0.2, -0.15) is 0 Å². The Labute approximate surface area is 184 Å². The van der Waals surface area contributed by atoms with Crippen LogP contribution in [0.5, 0.6) is 0 Å². The number of thioether (sulfide) groups is 1. The maximum Gasteiger partial charge on any atom is 0.330 e. The van der Waals surface area contributed by atoms with Crippen LogP contribution in [0.15, 0.2) is 32.8 Å². The molecule has 11 heteroatoms. The van der Waals surface area contributed by atoms with Crippen molar-refractivity contribution < 1.29 is 13.6 Å². The van der Waals surface area contributed by atoms with Gasteiger partial charge in [-0.05, 0) is 44.7 Å². The number of aromatic nitrogens is 4. The molecule has 0 aliphatic heterocycles. The molecule has 2 N–H and O–H groups in total. The predicted molar refractivity (Wildman–Crippen MR) is 115 cm³/mol. The summed E-state index contributed by atoms with van der Waals surface area (Å²) >= 11 is 1.03. The first-order valence-corrected chi connectivity index (χ1v) is 11.2. The third-order valence-corrected chi connectivity index (χ3v) is 6.56. The van der Waals surface area contributed by atoms with Crippen molar-refractivity contribution in [2.45, 2.75) is 54.8 Å². The molecule has 0 spiro atoms. The molecule has 8 nitrogen and oxygen atoms in total. The Balaban J connectivity index is 1.51. The number of nitrogens with zero attached hydrogens (tertiary/aromatic N) is 3. The number of nitrogens with one attached hydrogen (secondary N) is 2. The molecule has 32 heavy (non-hydrogen) atoms. The van der Waals surface area contributed by atoms with Gasteiger partial charge in [-0.15, -0.1) is 0 Å². The van der Waals surface area contributed by atoms with Gasteiger partial charge in [-0.25, -0.2) is 23.5 Å². The third kappa shape index (κ3) is 3.92. The van der Waals surface area contributed by atoms with Crippen molar-refractivity contribution >= 4 is 34.4 Å². The number of benzene rings is 1. The van der Waals surface area contributed by atoms with Gasteiger partial charge < -0.3 is 5.32 Å². The highest BCUT2D eigenvalue weighted by molar-refractivity contribution is 8.00. The number of hydrogen-bond donors (Lipinski definition) is 2. The van der Waals surface area contributed by atoms with Gasteiger partial charge in [0.15, 0.2) is 5.65 Å². The van der Waals surface area contributed by atoms with Gasteiger partial charge in [-0.1, -0.05) is 11.8 Å². The summed E-state index contributed by atoms with van der Waals surface area (Å²) in [7, 11) is 0. The minimum atomic E-state index is -0.885. The van der Waals surface area contributed by atoms with Gasteiger partial charge >= 0.3 is 5.69 Å². The van der Waals surface area contributed by atoms with Gasteiger partial charge in [0.1, 0.15) is 27.9 Å². The Kier molecular flexibility index (Phi) is 5.07. The highest BCUT2D eigenvalue weighted by atomic mass is 32.2. The van der Waals surface area contributed by atoms with Crippen molar-refractivity contribution in [1.82, 2.24) is 19.5 Å². The summed E-state index contributed by atoms with van der Waals surface area (Å²) in [4.78, 5) is 49.2. The second-order valence-corrected chi connectivity index (χ2v) is 9.42. The molecular weight excluding hydrogens is 440 g/mol. The van der Waals surface area contributed by atoms with E-state index in [4.69, 9.17) is 0 Å². The monoisotopic (exact) mass is 459 g/mol. The molecule has 2 heterocycles. The largest absolute Gasteiger partial charge is 0.330 e. The fourth-order valence-corrected chi connectivity index (χ4v) is 4.41. The molecule has 3 aromatic rings. The van der Waals surface area contributed by atoms with E-state index >= 15 is 0 Å². The van der Waals surface area contributed by atoms with Crippen LogP contribution in [0.4, 0.5) is 14.5 Å². The van der Waals surface area contributed by atoms with Crippen LogP contribution in [0.25, 0.3) is 11.0 Å². The van der Waals surface area contributed by atoms with Crippen molar-refractivity contribution in [2.75, 3.05) is 5.32 Å². The van der Waals surface area contributed by atoms with Gasteiger partial charge in [0, 0.05) is 18.0 Å². The van der Waals surface area contributed by atoms with E-state index in [1.165, 1.54) is 4.57 Å². The lowest BCUT2D eigenvalue weighted by atomic mass is 10.3. The standard InChI is InChI=1S/C21H19F2N5O3S/c1-9(18(29)24-14-7-4-11(22)8-13(14)23)32-20-15-17(25-16(26-20)10-2-3-10)28(12-5-6-12)21(31)27-19(15)30/h4,7-10,12H,2-3,5-6H2,1H3,(H,24,29)(H,27,30,31). The smallest absolute Gasteiger partial charge is 0.323 e. The molecular formula is C21H19F2N5O3S. The zero-order valence-corrected chi connectivity index (χ0v) is 17.8. The van der Waals surface area contributed by atoms with Gasteiger partial charge in [0.05, 0.1) is 10.9 Å². The molecule has 2 fully saturated rings. The van der Waals surface area contributed by atoms with E-state index in [0.29, 0.717) is 16.9 Å². The number of aromatic amines is 1. The van der Waals surface area contributed by atoms with E-state index in [1.54, 1.807) is 6.92 Å². The zero-order valence-electron chi connectivity index (χ0n) is 17.0. The molecule has 1 amide bonds. The summed E-state index contributed by atoms with van der Waals surface area (Å²) in [6.07, 6.45) is 3.50. The molecule has 1 aromatic carbocycles. The third-order valence-electron chi connectivity index (χ3n) is 5.47. The minimum absolute atomic E-state index is 0.0103. The second kappa shape index (κ2) is 7.80. The van der Waals surface area contributed by atoms with Crippen molar-refractivity contribution in [3.8, 4) is 0 Å². The highest BCUT2D eigenvalue weighted by Crippen LogP contribution is 2.41. The van der Waals surface area contributed by atoms with Gasteiger partial charge in [0.2, 0.25) is 5.91 Å². The second-order valence-electron chi connectivity index (χ2n) is 8.09. The number of carbonyl (C=O) groups excluding carboxylic acids is 1. The average Bonchev–Trinajstić information content (AvgIpc) is 3.62. The van der Waals surface area contributed by atoms with E-state index < -0.39 is 34.0 Å². The van der Waals surface area contributed by atoms with Crippen LogP contribution in [0, 0.1) is 11.6 Å². The number of rotatable bonds is 6. The average molecular weight is 459 g/mol. The maximum atomic E-state index is 13.9. The summed E-state index contributed by atoms with van der Waals surface area (Å²) in [6.45, 7) is 1.59. The predicted octanol–water partition coefficient (Wildman–Crippen LogP) is 3.09. The summed E-state index contributed by atoms with van der Waals surface area (Å²) in [5.74, 6) is -1.45. The molecule has 1 unspecified atom stereocenters. The quantitative estimate of drug-likeness (QED) is 0.433. The molecule has 0 bridgehead atoms. The lowest BCUT2D eigenvalue weighted by Gasteiger charge is -2.15. The Hall–Kier alpha value is -3.08. The first kappa shape index (κ1) is 20.8. The van der Waals surface area contributed by atoms with E-state index in [2.05, 4.69) is 20.3 Å². The van der Waals surface area contributed by atoms with Crippen molar-refractivity contribution in [3.05, 3.63) is 56.5 Å². The number of halogens is 2. The first-order valence-electron chi connectivity index (χ1n) is 10.3. The molecule has 2 aliphatic carbocycles. The topological polar surface area (TPSA) is 110 Å². The van der Waals surface area contributed by atoms with Crippen molar-refractivity contribution in [3.63, 3.8) is 0 Å². The van der Waals surface area contributed by atoms with Crippen LogP contribution in [-0.2, 0) is 4.79 Å². The lowest BCUT2D eigenvalue weighted by molar-refractivity contribution is -0.115. The van der Waals surface area contributed by atoms with Gasteiger partial charge in [0.25, 0.3) is 5.56 Å². The van der Waals surface area contributed by atoms with Crippen LogP contribution in [0.3, 0.4) is 0 Å². The number of amides is 1. The number of anilines is 1. The summed E-state index contributed by atoms with van der Waals surface area (Å²) in [5, 5.41) is 2.14. The van der Waals surface area contributed by atoms with Crippen molar-refractivity contribution in [2.24, 2.45) is 0 Å². The van der Waals surface area contributed by atoms with Crippen LogP contribution < -0.4 is 16.6 Å². The maximum absolute atomic E-state index is 13.9. The number of carbonyl (C=O) groups is 1. The SMILES string of the molecule is CC(Sc1nc(C2CC2)nc2c1c(=O)[nH]c(=O)n2C1CC1)C(=O)Nc1ccc(F)cc1F. The van der Waals surface area contributed by atoms with Crippen LogP contribution >= 0.6 is 11.8 Å². The zero-order chi connectivity index (χ0) is 22.6. The molecule has 166 valence electrons. The van der Waals surface area contributed by atoms with E-state index in [9.17, 15) is 23.2 Å². The van der Waals surface area contributed by atoms with E-state index in [-0.39, 0.29) is 28.7 Å². The fourth-order valence-electron chi connectivity index (χ4n) is 3.46. The van der Waals surface area contributed by atoms with Crippen LogP contribution in [-0.4, -0.2) is 30.7 Å². The number of fused-ring (bicyclic) bond motifs is 1. The van der Waals surface area contributed by atoms with Crippen molar-refractivity contribution in [1.29, 1.82) is 0 Å². The number of H-pyrrole nitrogens is 1. The van der Waals surface area contributed by atoms with Crippen LogP contribution in [0.1, 0.15) is 50.4 Å². The minimum Gasteiger partial charge on any atom is -0.323 e. The Morgan fingerprint density at radius 3 is 2.62 bits per heavy atom. The summed E-state index contributed by atoms with van der Waals surface area (Å²) in [5.41, 5.74) is -0.962. The molecule has 2 aliphatic rings. The normalized spacial score (nSPS) is 16.8. The lowest BCUT2D eigenvalue weighted by Crippen LogP contribution is -2.31. The molecule has 5 rings (SSSR count). The fraction of sp³-hybridized carbons (Fsp3) is 0.381. The Morgan fingerprint density at radius 1 is 1.22 bits per heavy atom. The van der Waals surface area contributed by atoms with E-state index in [1.807, 2.05) is 0 Å².